The number of nitrogens with zero attached hydrogens (tertiary/aromatic N) is 4. The molecule has 5 N–H and O–H groups in total. The van der Waals surface area contributed by atoms with Gasteiger partial charge in [0.25, 0.3) is 11.8 Å². The van der Waals surface area contributed by atoms with Gasteiger partial charge in [-0.05, 0) is 88.2 Å². The SMILES string of the molecule is CC(C)(C)OC(=O)[C@@H]1[C@H]2CCC[C@H]2CN1C(=O)[C@@H](NC(=O)[C@@H](NC(=O)c1cnc(NCCOCCOCCNc2cccc3c2CN(C2CCC(=O)NC2=O)C3=O)cn1)C1CCCCC1)C(C)(C)C. The number of hydrogen-bond donors (Lipinski definition) is 5. The van der Waals surface area contributed by atoms with Crippen LogP contribution in [0.15, 0.2) is 30.6 Å². The number of fused-ring (bicyclic) bond motifs is 2. The normalized spacial score (nSPS) is 22.6. The smallest absolute Gasteiger partial charge is 0.329 e. The Morgan fingerprint density at radius 3 is 2.22 bits per heavy atom. The van der Waals surface area contributed by atoms with E-state index in [9.17, 15) is 33.6 Å². The maximum absolute atomic E-state index is 14.6. The van der Waals surface area contributed by atoms with Crippen molar-refractivity contribution in [2.75, 3.05) is 56.7 Å². The van der Waals surface area contributed by atoms with E-state index in [1.54, 1.807) is 17.0 Å². The fourth-order valence-electron chi connectivity index (χ4n) is 10.4. The van der Waals surface area contributed by atoms with Crippen molar-refractivity contribution in [3.63, 3.8) is 0 Å². The van der Waals surface area contributed by atoms with Crippen molar-refractivity contribution in [1.82, 2.24) is 35.7 Å². The Balaban J connectivity index is 0.845. The standard InChI is InChI=1S/C50H71N9O10/c1-49(2,3)42(47(65)59-28-31-14-10-15-32(31)41(59)48(66)69-50(4,5)6)57-45(63)40(30-12-8-7-9-13-30)56-43(61)36-26-54-38(27-53-36)52-21-23-68-25-24-67-22-20-51-35-17-11-16-33-34(35)29-58(46(33)64)37-18-19-39(60)55-44(37)62/h11,16-17,26-27,30-32,37,40-42,51H,7-10,12-15,18-25,28-29H2,1-6H3,(H,52,54)(H,56,61)(H,57,63)(H,55,60,62)/t31-,32-,37?,40-,41-,42+/m0/s1. The van der Waals surface area contributed by atoms with E-state index in [2.05, 4.69) is 36.6 Å². The highest BCUT2D eigenvalue weighted by molar-refractivity contribution is 6.06. The van der Waals surface area contributed by atoms with Crippen molar-refractivity contribution >= 4 is 52.9 Å². The molecule has 4 fully saturated rings. The molecule has 6 atom stereocenters. The van der Waals surface area contributed by atoms with Gasteiger partial charge in [-0.15, -0.1) is 0 Å². The lowest BCUT2D eigenvalue weighted by atomic mass is 9.82. The zero-order valence-electron chi connectivity index (χ0n) is 41.0. The summed E-state index contributed by atoms with van der Waals surface area (Å²) in [6, 6.07) is 2.17. The van der Waals surface area contributed by atoms with Crippen LogP contribution in [0.1, 0.15) is 132 Å². The Kier molecular flexibility index (Phi) is 16.6. The summed E-state index contributed by atoms with van der Waals surface area (Å²) in [5.41, 5.74) is 0.764. The van der Waals surface area contributed by atoms with Crippen LogP contribution in [0.3, 0.4) is 0 Å². The number of likely N-dealkylation sites (tertiary alicyclic amines) is 1. The van der Waals surface area contributed by atoms with Gasteiger partial charge in [-0.1, -0.05) is 52.5 Å². The molecule has 2 saturated carbocycles. The molecule has 69 heavy (non-hydrogen) atoms. The molecule has 0 spiro atoms. The first-order valence-corrected chi connectivity index (χ1v) is 24.8. The van der Waals surface area contributed by atoms with Crippen LogP contribution in [0.5, 0.6) is 0 Å². The van der Waals surface area contributed by atoms with Gasteiger partial charge in [0.1, 0.15) is 41.3 Å². The van der Waals surface area contributed by atoms with Gasteiger partial charge in [0.2, 0.25) is 23.6 Å². The molecule has 0 bridgehead atoms. The molecule has 19 heteroatoms. The molecular weight excluding hydrogens is 887 g/mol. The van der Waals surface area contributed by atoms with Gasteiger partial charge < -0.3 is 45.3 Å². The van der Waals surface area contributed by atoms with Gasteiger partial charge in [-0.2, -0.15) is 0 Å². The number of imide groups is 1. The van der Waals surface area contributed by atoms with Crippen molar-refractivity contribution in [2.45, 2.75) is 142 Å². The third kappa shape index (κ3) is 12.8. The molecule has 4 heterocycles. The van der Waals surface area contributed by atoms with Crippen LogP contribution in [-0.2, 0) is 44.7 Å². The minimum absolute atomic E-state index is 0.0157. The summed E-state index contributed by atoms with van der Waals surface area (Å²) in [5.74, 6) is -2.19. The fraction of sp³-hybridized carbons (Fsp3) is 0.660. The van der Waals surface area contributed by atoms with Crippen molar-refractivity contribution in [1.29, 1.82) is 0 Å². The average molecular weight is 958 g/mol. The molecule has 19 nitrogen and oxygen atoms in total. The summed E-state index contributed by atoms with van der Waals surface area (Å²) >= 11 is 0. The molecule has 5 aliphatic rings. The predicted octanol–water partition coefficient (Wildman–Crippen LogP) is 3.97. The first kappa shape index (κ1) is 51.2. The van der Waals surface area contributed by atoms with E-state index in [1.807, 2.05) is 47.6 Å². The quantitative estimate of drug-likeness (QED) is 0.0761. The lowest BCUT2D eigenvalue weighted by molar-refractivity contribution is -0.165. The summed E-state index contributed by atoms with van der Waals surface area (Å²) in [4.78, 5) is 105. The molecule has 3 aliphatic heterocycles. The first-order valence-electron chi connectivity index (χ1n) is 24.8. The van der Waals surface area contributed by atoms with Crippen molar-refractivity contribution in [3.8, 4) is 0 Å². The van der Waals surface area contributed by atoms with E-state index in [0.717, 1.165) is 62.6 Å². The van der Waals surface area contributed by atoms with Gasteiger partial charge in [0, 0.05) is 49.4 Å². The number of nitrogens with one attached hydrogen (secondary N) is 5. The monoisotopic (exact) mass is 958 g/mol. The Bertz CT molecular complexity index is 2200. The largest absolute Gasteiger partial charge is 0.458 e. The number of amides is 6. The molecule has 7 rings (SSSR count). The number of carbonyl (C=O) groups is 7. The molecule has 1 aromatic carbocycles. The highest BCUT2D eigenvalue weighted by Crippen LogP contribution is 2.44. The zero-order chi connectivity index (χ0) is 49.5. The number of benzene rings is 1. The minimum Gasteiger partial charge on any atom is -0.458 e. The lowest BCUT2D eigenvalue weighted by Gasteiger charge is -2.38. The first-order chi connectivity index (χ1) is 32.9. The second-order valence-electron chi connectivity index (χ2n) is 21.1. The number of hydrogen-bond acceptors (Lipinski definition) is 14. The van der Waals surface area contributed by atoms with Crippen LogP contribution in [0, 0.1) is 23.2 Å². The molecule has 2 aromatic rings. The van der Waals surface area contributed by atoms with Gasteiger partial charge in [0.15, 0.2) is 0 Å². The minimum atomic E-state index is -0.957. The van der Waals surface area contributed by atoms with E-state index < -0.39 is 58.9 Å². The van der Waals surface area contributed by atoms with E-state index in [0.29, 0.717) is 63.9 Å². The maximum Gasteiger partial charge on any atom is 0.329 e. The van der Waals surface area contributed by atoms with Crippen LogP contribution in [-0.4, -0.2) is 137 Å². The highest BCUT2D eigenvalue weighted by atomic mass is 16.6. The summed E-state index contributed by atoms with van der Waals surface area (Å²) in [6.45, 7) is 14.2. The highest BCUT2D eigenvalue weighted by Gasteiger charge is 2.53. The number of anilines is 2. The lowest BCUT2D eigenvalue weighted by Crippen LogP contribution is -2.61. The van der Waals surface area contributed by atoms with Crippen LogP contribution < -0.4 is 26.6 Å². The maximum atomic E-state index is 14.6. The number of carbonyl (C=O) groups excluding carboxylic acids is 7. The molecule has 2 saturated heterocycles. The molecule has 376 valence electrons. The topological polar surface area (TPSA) is 240 Å². The summed E-state index contributed by atoms with van der Waals surface area (Å²) < 4.78 is 17.3. The number of piperidine rings is 1. The van der Waals surface area contributed by atoms with E-state index in [1.165, 1.54) is 17.3 Å². The second-order valence-corrected chi connectivity index (χ2v) is 21.1. The second kappa shape index (κ2) is 22.4. The average Bonchev–Trinajstić information content (AvgIpc) is 4.01. The van der Waals surface area contributed by atoms with Gasteiger partial charge >= 0.3 is 5.97 Å². The Hall–Kier alpha value is -5.69. The summed E-state index contributed by atoms with van der Waals surface area (Å²) in [5, 5.41) is 14.8. The van der Waals surface area contributed by atoms with Gasteiger partial charge in [-0.25, -0.2) is 14.8 Å². The van der Waals surface area contributed by atoms with E-state index in [-0.39, 0.29) is 54.1 Å². The summed E-state index contributed by atoms with van der Waals surface area (Å²) in [7, 11) is 0. The third-order valence-corrected chi connectivity index (χ3v) is 13.9. The van der Waals surface area contributed by atoms with Crippen molar-refractivity contribution < 1.29 is 47.8 Å². The number of esters is 1. The van der Waals surface area contributed by atoms with Crippen molar-refractivity contribution in [3.05, 3.63) is 47.4 Å². The van der Waals surface area contributed by atoms with Crippen LogP contribution in [0.2, 0.25) is 0 Å². The van der Waals surface area contributed by atoms with Crippen LogP contribution in [0.4, 0.5) is 11.5 Å². The van der Waals surface area contributed by atoms with Crippen LogP contribution >= 0.6 is 0 Å². The van der Waals surface area contributed by atoms with Crippen LogP contribution in [0.25, 0.3) is 0 Å². The van der Waals surface area contributed by atoms with E-state index >= 15 is 0 Å². The van der Waals surface area contributed by atoms with Gasteiger partial charge in [-0.3, -0.25) is 34.1 Å². The molecular formula is C50H71N9O10. The Morgan fingerprint density at radius 2 is 1.55 bits per heavy atom. The van der Waals surface area contributed by atoms with E-state index in [4.69, 9.17) is 14.2 Å². The van der Waals surface area contributed by atoms with Crippen molar-refractivity contribution in [2.24, 2.45) is 23.2 Å². The van der Waals surface area contributed by atoms with Gasteiger partial charge in [0.05, 0.1) is 38.8 Å². The third-order valence-electron chi connectivity index (χ3n) is 13.9. The Morgan fingerprint density at radius 1 is 0.826 bits per heavy atom. The zero-order valence-corrected chi connectivity index (χ0v) is 41.0. The number of rotatable bonds is 19. The molecule has 1 aromatic heterocycles. The molecule has 6 amide bonds. The number of ether oxygens (including phenoxy) is 3. The fourth-order valence-corrected chi connectivity index (χ4v) is 10.4. The molecule has 2 aliphatic carbocycles. The predicted molar refractivity (Wildman–Crippen MR) is 255 cm³/mol. The summed E-state index contributed by atoms with van der Waals surface area (Å²) in [6.07, 6.45) is 10.5. The Labute approximate surface area is 404 Å². The molecule has 0 radical (unpaired) electrons. The molecule has 1 unspecified atom stereocenters. The number of aromatic nitrogens is 2.